The first-order chi connectivity index (χ1) is 8.11. The van der Waals surface area contributed by atoms with Gasteiger partial charge in [0.05, 0.1) is 0 Å². The molecule has 0 aliphatic heterocycles. The SMILES string of the molecule is NCc1nc(C(=O)NC(C(=O)O)C2CC2)cs1. The first-order valence-corrected chi connectivity index (χ1v) is 6.18. The smallest absolute Gasteiger partial charge is 0.326 e. The number of rotatable bonds is 5. The minimum absolute atomic E-state index is 0.0593. The van der Waals surface area contributed by atoms with Gasteiger partial charge in [-0.15, -0.1) is 11.3 Å². The molecule has 1 saturated carbocycles. The summed E-state index contributed by atoms with van der Waals surface area (Å²) in [6, 6.07) is -0.800. The van der Waals surface area contributed by atoms with Crippen LogP contribution in [0, 0.1) is 5.92 Å². The number of thiazole rings is 1. The predicted molar refractivity (Wildman–Crippen MR) is 61.6 cm³/mol. The van der Waals surface area contributed by atoms with Gasteiger partial charge in [-0.25, -0.2) is 9.78 Å². The maximum Gasteiger partial charge on any atom is 0.326 e. The van der Waals surface area contributed by atoms with E-state index in [1.54, 1.807) is 5.38 Å². The fourth-order valence-electron chi connectivity index (χ4n) is 1.53. The van der Waals surface area contributed by atoms with E-state index in [1.807, 2.05) is 0 Å². The van der Waals surface area contributed by atoms with Crippen molar-refractivity contribution in [1.29, 1.82) is 0 Å². The second-order valence-corrected chi connectivity index (χ2v) is 4.90. The summed E-state index contributed by atoms with van der Waals surface area (Å²) in [6.07, 6.45) is 1.70. The number of carboxylic acid groups (broad SMARTS) is 1. The molecule has 1 aromatic heterocycles. The van der Waals surface area contributed by atoms with E-state index in [1.165, 1.54) is 11.3 Å². The number of carbonyl (C=O) groups excluding carboxylic acids is 1. The van der Waals surface area contributed by atoms with E-state index in [2.05, 4.69) is 10.3 Å². The van der Waals surface area contributed by atoms with E-state index in [-0.39, 0.29) is 18.2 Å². The summed E-state index contributed by atoms with van der Waals surface area (Å²) >= 11 is 1.29. The molecule has 0 spiro atoms. The molecule has 92 valence electrons. The fraction of sp³-hybridized carbons (Fsp3) is 0.500. The van der Waals surface area contributed by atoms with Crippen LogP contribution >= 0.6 is 11.3 Å². The van der Waals surface area contributed by atoms with Crippen LogP contribution in [0.1, 0.15) is 28.3 Å². The van der Waals surface area contributed by atoms with Gasteiger partial charge in [0.2, 0.25) is 0 Å². The zero-order valence-corrected chi connectivity index (χ0v) is 9.87. The Labute approximate surface area is 102 Å². The average molecular weight is 255 g/mol. The molecule has 1 atom stereocenters. The van der Waals surface area contributed by atoms with Crippen molar-refractivity contribution < 1.29 is 14.7 Å². The molecule has 1 heterocycles. The van der Waals surface area contributed by atoms with Gasteiger partial charge in [0.25, 0.3) is 5.91 Å². The van der Waals surface area contributed by atoms with Crippen molar-refractivity contribution in [3.63, 3.8) is 0 Å². The Hall–Kier alpha value is -1.47. The van der Waals surface area contributed by atoms with Crippen molar-refractivity contribution in [3.8, 4) is 0 Å². The average Bonchev–Trinajstić information content (AvgIpc) is 3.01. The second-order valence-electron chi connectivity index (χ2n) is 3.96. The number of aliphatic carboxylic acids is 1. The summed E-state index contributed by atoms with van der Waals surface area (Å²) < 4.78 is 0. The van der Waals surface area contributed by atoms with Crippen LogP contribution in [0.2, 0.25) is 0 Å². The maximum atomic E-state index is 11.7. The van der Waals surface area contributed by atoms with Gasteiger partial charge in [-0.05, 0) is 18.8 Å². The number of hydrogen-bond acceptors (Lipinski definition) is 5. The van der Waals surface area contributed by atoms with Crippen LogP contribution in [0.4, 0.5) is 0 Å². The summed E-state index contributed by atoms with van der Waals surface area (Å²) in [4.78, 5) is 26.7. The third kappa shape index (κ3) is 2.80. The van der Waals surface area contributed by atoms with Gasteiger partial charge in [0.1, 0.15) is 16.7 Å². The van der Waals surface area contributed by atoms with Crippen molar-refractivity contribution in [2.45, 2.75) is 25.4 Å². The lowest BCUT2D eigenvalue weighted by atomic mass is 10.2. The summed E-state index contributed by atoms with van der Waals surface area (Å²) in [7, 11) is 0. The molecule has 0 aromatic carbocycles. The first-order valence-electron chi connectivity index (χ1n) is 5.30. The van der Waals surface area contributed by atoms with E-state index >= 15 is 0 Å². The Balaban J connectivity index is 2.02. The third-order valence-corrected chi connectivity index (χ3v) is 3.48. The number of aromatic nitrogens is 1. The Morgan fingerprint density at radius 1 is 1.65 bits per heavy atom. The van der Waals surface area contributed by atoms with Gasteiger partial charge in [-0.1, -0.05) is 0 Å². The van der Waals surface area contributed by atoms with Gasteiger partial charge in [-0.3, -0.25) is 4.79 Å². The molecule has 0 bridgehead atoms. The Morgan fingerprint density at radius 2 is 2.35 bits per heavy atom. The Morgan fingerprint density at radius 3 is 2.82 bits per heavy atom. The molecule has 1 fully saturated rings. The molecule has 0 radical (unpaired) electrons. The lowest BCUT2D eigenvalue weighted by Gasteiger charge is -2.12. The summed E-state index contributed by atoms with van der Waals surface area (Å²) in [6.45, 7) is 0.281. The van der Waals surface area contributed by atoms with E-state index in [0.29, 0.717) is 5.01 Å². The Kier molecular flexibility index (Phi) is 3.39. The number of carboxylic acids is 1. The summed E-state index contributed by atoms with van der Waals surface area (Å²) in [5, 5.41) is 13.7. The number of nitrogens with one attached hydrogen (secondary N) is 1. The summed E-state index contributed by atoms with van der Waals surface area (Å²) in [5.41, 5.74) is 5.63. The number of carbonyl (C=O) groups is 2. The molecule has 6 nitrogen and oxygen atoms in total. The van der Waals surface area contributed by atoms with Crippen molar-refractivity contribution in [2.75, 3.05) is 0 Å². The van der Waals surface area contributed by atoms with Crippen LogP contribution in [0.15, 0.2) is 5.38 Å². The maximum absolute atomic E-state index is 11.7. The van der Waals surface area contributed by atoms with E-state index in [9.17, 15) is 9.59 Å². The highest BCUT2D eigenvalue weighted by Gasteiger charge is 2.37. The predicted octanol–water partition coefficient (Wildman–Crippen LogP) is 0.195. The molecular formula is C10H13N3O3S. The highest BCUT2D eigenvalue weighted by molar-refractivity contribution is 7.09. The minimum Gasteiger partial charge on any atom is -0.480 e. The lowest BCUT2D eigenvalue weighted by Crippen LogP contribution is -2.42. The van der Waals surface area contributed by atoms with Gasteiger partial charge in [-0.2, -0.15) is 0 Å². The van der Waals surface area contributed by atoms with E-state index in [4.69, 9.17) is 10.8 Å². The quantitative estimate of drug-likeness (QED) is 0.696. The normalized spacial score (nSPS) is 16.5. The fourth-order valence-corrected chi connectivity index (χ4v) is 2.19. The first kappa shape index (κ1) is 12.0. The molecule has 1 unspecified atom stereocenters. The topological polar surface area (TPSA) is 105 Å². The number of amides is 1. The van der Waals surface area contributed by atoms with Crippen LogP contribution in [0.5, 0.6) is 0 Å². The van der Waals surface area contributed by atoms with Crippen LogP contribution in [0.25, 0.3) is 0 Å². The van der Waals surface area contributed by atoms with Crippen molar-refractivity contribution in [2.24, 2.45) is 11.7 Å². The van der Waals surface area contributed by atoms with Gasteiger partial charge in [0, 0.05) is 11.9 Å². The molecule has 4 N–H and O–H groups in total. The molecule has 1 amide bonds. The largest absolute Gasteiger partial charge is 0.480 e. The molecule has 7 heteroatoms. The Bertz CT molecular complexity index is 442. The third-order valence-electron chi connectivity index (χ3n) is 2.61. The van der Waals surface area contributed by atoms with Crippen LogP contribution in [-0.2, 0) is 11.3 Å². The van der Waals surface area contributed by atoms with Crippen molar-refractivity contribution in [3.05, 3.63) is 16.1 Å². The highest BCUT2D eigenvalue weighted by atomic mass is 32.1. The second kappa shape index (κ2) is 4.80. The van der Waals surface area contributed by atoms with Crippen LogP contribution in [0.3, 0.4) is 0 Å². The number of nitrogens with zero attached hydrogens (tertiary/aromatic N) is 1. The van der Waals surface area contributed by atoms with Crippen molar-refractivity contribution in [1.82, 2.24) is 10.3 Å². The van der Waals surface area contributed by atoms with Gasteiger partial charge in [0.15, 0.2) is 0 Å². The molecule has 17 heavy (non-hydrogen) atoms. The summed E-state index contributed by atoms with van der Waals surface area (Å²) in [5.74, 6) is -1.38. The lowest BCUT2D eigenvalue weighted by molar-refractivity contribution is -0.139. The number of nitrogens with two attached hydrogens (primary N) is 1. The molecule has 1 aliphatic rings. The zero-order chi connectivity index (χ0) is 12.4. The molecule has 1 aromatic rings. The van der Waals surface area contributed by atoms with E-state index in [0.717, 1.165) is 12.8 Å². The molecule has 2 rings (SSSR count). The van der Waals surface area contributed by atoms with Gasteiger partial charge >= 0.3 is 5.97 Å². The standard InChI is InChI=1S/C10H13N3O3S/c11-3-7-12-6(4-17-7)9(14)13-8(10(15)16)5-1-2-5/h4-5,8H,1-3,11H2,(H,13,14)(H,15,16). The van der Waals surface area contributed by atoms with E-state index < -0.39 is 17.9 Å². The number of hydrogen-bond donors (Lipinski definition) is 3. The highest BCUT2D eigenvalue weighted by Crippen LogP contribution is 2.32. The molecule has 1 aliphatic carbocycles. The molecule has 0 saturated heterocycles. The zero-order valence-electron chi connectivity index (χ0n) is 9.05. The van der Waals surface area contributed by atoms with Gasteiger partial charge < -0.3 is 16.2 Å². The van der Waals surface area contributed by atoms with Crippen LogP contribution < -0.4 is 11.1 Å². The monoisotopic (exact) mass is 255 g/mol. The molecular weight excluding hydrogens is 242 g/mol. The van der Waals surface area contributed by atoms with Crippen LogP contribution in [-0.4, -0.2) is 28.0 Å². The van der Waals surface area contributed by atoms with Crippen molar-refractivity contribution >= 4 is 23.2 Å². The minimum atomic E-state index is -0.991.